The molecule has 0 heterocycles. The Bertz CT molecular complexity index is 336. The molecule has 1 aliphatic carbocycles. The van der Waals surface area contributed by atoms with Gasteiger partial charge in [0.25, 0.3) is 0 Å². The van der Waals surface area contributed by atoms with E-state index in [-0.39, 0.29) is 5.75 Å². The molecule has 73 valence electrons. The van der Waals surface area contributed by atoms with Crippen LogP contribution in [0.1, 0.15) is 13.3 Å². The zero-order chi connectivity index (χ0) is 9.90. The first-order chi connectivity index (χ1) is 6.10. The van der Waals surface area contributed by atoms with E-state index in [0.29, 0.717) is 11.3 Å². The zero-order valence-corrected chi connectivity index (χ0v) is 8.60. The minimum Gasteiger partial charge on any atom is -0.501 e. The molecule has 1 rings (SSSR count). The van der Waals surface area contributed by atoms with E-state index in [2.05, 4.69) is 0 Å². The summed E-state index contributed by atoms with van der Waals surface area (Å²) in [7, 11) is -1.46. The van der Waals surface area contributed by atoms with Crippen LogP contribution in [0.5, 0.6) is 0 Å². The second kappa shape index (κ2) is 3.96. The van der Waals surface area contributed by atoms with Crippen molar-refractivity contribution in [2.24, 2.45) is 0 Å². The van der Waals surface area contributed by atoms with Crippen molar-refractivity contribution in [3.8, 4) is 0 Å². The number of allylic oxidation sites excluding steroid dienone is 4. The van der Waals surface area contributed by atoms with Gasteiger partial charge in [-0.2, -0.15) is 0 Å². The third-order valence-electron chi connectivity index (χ3n) is 1.95. The molecular formula is C9H13O3S. The molecule has 1 radical (unpaired) electrons. The summed E-state index contributed by atoms with van der Waals surface area (Å²) in [6, 6.07) is 0. The van der Waals surface area contributed by atoms with E-state index in [1.807, 2.05) is 0 Å². The van der Waals surface area contributed by atoms with E-state index in [1.165, 1.54) is 0 Å². The SMILES string of the molecule is CCS(=O)(=O)C1=CC=C(OC)[CH]C1. The Kier molecular flexibility index (Phi) is 3.14. The van der Waals surface area contributed by atoms with Gasteiger partial charge in [0.15, 0.2) is 9.84 Å². The molecule has 0 aromatic rings. The maximum atomic E-state index is 11.4. The van der Waals surface area contributed by atoms with Gasteiger partial charge in [0.2, 0.25) is 0 Å². The molecule has 0 saturated heterocycles. The number of sulfone groups is 1. The number of ether oxygens (including phenoxy) is 1. The predicted octanol–water partition coefficient (Wildman–Crippen LogP) is 1.44. The maximum absolute atomic E-state index is 11.4. The van der Waals surface area contributed by atoms with Gasteiger partial charge in [-0.05, 0) is 18.6 Å². The molecule has 0 fully saturated rings. The van der Waals surface area contributed by atoms with Crippen molar-refractivity contribution < 1.29 is 13.2 Å². The molecule has 0 N–H and O–H groups in total. The van der Waals surface area contributed by atoms with Crippen molar-refractivity contribution in [1.82, 2.24) is 0 Å². The fourth-order valence-electron chi connectivity index (χ4n) is 1.08. The van der Waals surface area contributed by atoms with Gasteiger partial charge >= 0.3 is 0 Å². The summed E-state index contributed by atoms with van der Waals surface area (Å²) in [6.45, 7) is 1.64. The Balaban J connectivity index is 2.88. The lowest BCUT2D eigenvalue weighted by molar-refractivity contribution is 0.297. The van der Waals surface area contributed by atoms with Crippen molar-refractivity contribution in [3.63, 3.8) is 0 Å². The van der Waals surface area contributed by atoms with Gasteiger partial charge in [0.1, 0.15) is 0 Å². The van der Waals surface area contributed by atoms with Crippen LogP contribution in [-0.2, 0) is 14.6 Å². The summed E-state index contributed by atoms with van der Waals surface area (Å²) in [4.78, 5) is 0.468. The summed E-state index contributed by atoms with van der Waals surface area (Å²) in [5.41, 5.74) is 0. The lowest BCUT2D eigenvalue weighted by Crippen LogP contribution is -2.09. The van der Waals surface area contributed by atoms with E-state index >= 15 is 0 Å². The molecule has 1 aliphatic rings. The van der Waals surface area contributed by atoms with Crippen LogP contribution in [0.2, 0.25) is 0 Å². The van der Waals surface area contributed by atoms with Gasteiger partial charge in [-0.15, -0.1) is 0 Å². The highest BCUT2D eigenvalue weighted by Gasteiger charge is 2.17. The van der Waals surface area contributed by atoms with Crippen LogP contribution in [0.4, 0.5) is 0 Å². The maximum Gasteiger partial charge on any atom is 0.174 e. The van der Waals surface area contributed by atoms with Gasteiger partial charge < -0.3 is 4.74 Å². The average molecular weight is 201 g/mol. The summed E-state index contributed by atoms with van der Waals surface area (Å²) >= 11 is 0. The summed E-state index contributed by atoms with van der Waals surface area (Å²) in [5, 5.41) is 0. The van der Waals surface area contributed by atoms with Crippen LogP contribution in [-0.4, -0.2) is 21.3 Å². The highest BCUT2D eigenvalue weighted by Crippen LogP contribution is 2.22. The molecular weight excluding hydrogens is 188 g/mol. The lowest BCUT2D eigenvalue weighted by Gasteiger charge is -2.12. The lowest BCUT2D eigenvalue weighted by atomic mass is 10.2. The van der Waals surface area contributed by atoms with E-state index in [4.69, 9.17) is 4.74 Å². The smallest absolute Gasteiger partial charge is 0.174 e. The van der Waals surface area contributed by atoms with Crippen molar-refractivity contribution in [1.29, 1.82) is 0 Å². The molecule has 0 atom stereocenters. The summed E-state index contributed by atoms with van der Waals surface area (Å²) in [6.07, 6.45) is 5.49. The second-order valence-corrected chi connectivity index (χ2v) is 5.05. The molecule has 0 saturated carbocycles. The fourth-order valence-corrected chi connectivity index (χ4v) is 2.06. The van der Waals surface area contributed by atoms with Crippen molar-refractivity contribution in [3.05, 3.63) is 29.2 Å². The molecule has 0 unspecified atom stereocenters. The summed E-state index contributed by atoms with van der Waals surface area (Å²) < 4.78 is 27.7. The monoisotopic (exact) mass is 201 g/mol. The first kappa shape index (κ1) is 10.3. The predicted molar refractivity (Wildman–Crippen MR) is 51.6 cm³/mol. The van der Waals surface area contributed by atoms with Crippen molar-refractivity contribution in [2.75, 3.05) is 12.9 Å². The average Bonchev–Trinajstić information content (AvgIpc) is 2.18. The zero-order valence-electron chi connectivity index (χ0n) is 7.78. The van der Waals surface area contributed by atoms with Gasteiger partial charge in [-0.1, -0.05) is 6.92 Å². The Hall–Kier alpha value is -0.770. The minimum absolute atomic E-state index is 0.156. The first-order valence-corrected chi connectivity index (χ1v) is 5.76. The number of hydrogen-bond donors (Lipinski definition) is 0. The van der Waals surface area contributed by atoms with Crippen molar-refractivity contribution in [2.45, 2.75) is 13.3 Å². The van der Waals surface area contributed by atoms with E-state index in [9.17, 15) is 8.42 Å². The molecule has 0 aliphatic heterocycles. The molecule has 0 amide bonds. The molecule has 0 spiro atoms. The van der Waals surface area contributed by atoms with Gasteiger partial charge in [0.05, 0.1) is 18.6 Å². The number of rotatable bonds is 3. The second-order valence-electron chi connectivity index (χ2n) is 2.72. The van der Waals surface area contributed by atoms with Crippen LogP contribution >= 0.6 is 0 Å². The molecule has 4 heteroatoms. The third kappa shape index (κ3) is 2.34. The fraction of sp³-hybridized carbons (Fsp3) is 0.444. The van der Waals surface area contributed by atoms with Crippen LogP contribution in [0.15, 0.2) is 22.8 Å². The van der Waals surface area contributed by atoms with Crippen LogP contribution < -0.4 is 0 Å². The van der Waals surface area contributed by atoms with E-state index in [1.54, 1.807) is 32.6 Å². The normalized spacial score (nSPS) is 17.7. The van der Waals surface area contributed by atoms with Crippen LogP contribution in [0.25, 0.3) is 0 Å². The molecule has 3 nitrogen and oxygen atoms in total. The van der Waals surface area contributed by atoms with E-state index < -0.39 is 9.84 Å². The topological polar surface area (TPSA) is 43.4 Å². The Morgan fingerprint density at radius 1 is 1.46 bits per heavy atom. The number of hydrogen-bond acceptors (Lipinski definition) is 3. The summed E-state index contributed by atoms with van der Waals surface area (Å²) in [5.74, 6) is 0.873. The highest BCUT2D eigenvalue weighted by atomic mass is 32.2. The first-order valence-electron chi connectivity index (χ1n) is 4.11. The molecule has 0 bridgehead atoms. The van der Waals surface area contributed by atoms with Gasteiger partial charge in [-0.25, -0.2) is 8.42 Å². The molecule has 13 heavy (non-hydrogen) atoms. The standard InChI is InChI=1S/C9H13O3S/c1-3-13(10,11)9-6-4-8(12-2)5-7-9/h4-6H,3,7H2,1-2H3. The quantitative estimate of drug-likeness (QED) is 0.694. The Labute approximate surface area is 79.0 Å². The Morgan fingerprint density at radius 3 is 2.54 bits per heavy atom. The van der Waals surface area contributed by atoms with Crippen LogP contribution in [0.3, 0.4) is 0 Å². The highest BCUT2D eigenvalue weighted by molar-refractivity contribution is 7.95. The third-order valence-corrected chi connectivity index (χ3v) is 3.81. The van der Waals surface area contributed by atoms with Gasteiger partial charge in [-0.3, -0.25) is 0 Å². The largest absolute Gasteiger partial charge is 0.501 e. The number of methoxy groups -OCH3 is 1. The Morgan fingerprint density at radius 2 is 2.15 bits per heavy atom. The van der Waals surface area contributed by atoms with E-state index in [0.717, 1.165) is 5.76 Å². The van der Waals surface area contributed by atoms with Crippen molar-refractivity contribution >= 4 is 9.84 Å². The van der Waals surface area contributed by atoms with Crippen LogP contribution in [0, 0.1) is 6.42 Å². The molecule has 0 aromatic heterocycles. The minimum atomic E-state index is -3.02. The van der Waals surface area contributed by atoms with Gasteiger partial charge in [0, 0.05) is 11.3 Å². The molecule has 0 aromatic carbocycles.